The normalized spacial score (nSPS) is 10.7. The topological polar surface area (TPSA) is 102 Å². The molecule has 0 atom stereocenters. The van der Waals surface area contributed by atoms with Crippen molar-refractivity contribution in [3.05, 3.63) is 80.6 Å². The van der Waals surface area contributed by atoms with E-state index >= 15 is 0 Å². The molecule has 0 aliphatic carbocycles. The molecule has 1 heterocycles. The lowest BCUT2D eigenvalue weighted by Gasteiger charge is -2.12. The molecule has 0 saturated heterocycles. The molecule has 0 aliphatic rings. The number of nitrogens with zero attached hydrogens (tertiary/aromatic N) is 1. The summed E-state index contributed by atoms with van der Waals surface area (Å²) in [6, 6.07) is 14.8. The number of benzene rings is 2. The highest BCUT2D eigenvalue weighted by molar-refractivity contribution is 7.98. The number of thioether (sulfide) groups is 1. The lowest BCUT2D eigenvalue weighted by Crippen LogP contribution is -2.18. The predicted octanol–water partition coefficient (Wildman–Crippen LogP) is 6.08. The van der Waals surface area contributed by atoms with Crippen LogP contribution in [0.1, 0.15) is 43.0 Å². The average Bonchev–Trinajstić information content (AvgIpc) is 2.83. The average molecular weight is 467 g/mol. The van der Waals surface area contributed by atoms with Gasteiger partial charge in [-0.1, -0.05) is 38.3 Å². The van der Waals surface area contributed by atoms with Crippen LogP contribution in [0.15, 0.2) is 64.3 Å². The van der Waals surface area contributed by atoms with Crippen molar-refractivity contribution >= 4 is 23.4 Å². The Morgan fingerprint density at radius 1 is 1.03 bits per heavy atom. The Morgan fingerprint density at radius 2 is 1.70 bits per heavy atom. The van der Waals surface area contributed by atoms with E-state index in [1.54, 1.807) is 30.0 Å². The molecule has 0 radical (unpaired) electrons. The lowest BCUT2D eigenvalue weighted by molar-refractivity contribution is -0.384. The molecule has 2 aromatic carbocycles. The quantitative estimate of drug-likeness (QED) is 0.128. The highest BCUT2D eigenvalue weighted by atomic mass is 32.2. The number of esters is 1. The smallest absolute Gasteiger partial charge is 0.339 e. The van der Waals surface area contributed by atoms with Crippen LogP contribution < -0.4 is 5.56 Å². The summed E-state index contributed by atoms with van der Waals surface area (Å²) in [7, 11) is 0. The van der Waals surface area contributed by atoms with Gasteiger partial charge in [-0.05, 0) is 54.1 Å². The zero-order valence-electron chi connectivity index (χ0n) is 18.6. The number of aromatic amines is 1. The summed E-state index contributed by atoms with van der Waals surface area (Å²) >= 11 is 1.58. The second-order valence-electron chi connectivity index (χ2n) is 7.53. The van der Waals surface area contributed by atoms with E-state index in [9.17, 15) is 19.7 Å². The number of rotatable bonds is 10. The first-order valence-electron chi connectivity index (χ1n) is 10.8. The van der Waals surface area contributed by atoms with Gasteiger partial charge in [-0.3, -0.25) is 14.9 Å². The van der Waals surface area contributed by atoms with Crippen LogP contribution in [-0.4, -0.2) is 28.7 Å². The molecule has 0 bridgehead atoms. The van der Waals surface area contributed by atoms with Crippen molar-refractivity contribution in [1.82, 2.24) is 4.98 Å². The molecule has 0 fully saturated rings. The van der Waals surface area contributed by atoms with Gasteiger partial charge in [0.1, 0.15) is 0 Å². The number of ether oxygens (including phenoxy) is 1. The highest BCUT2D eigenvalue weighted by Gasteiger charge is 2.20. The van der Waals surface area contributed by atoms with Crippen molar-refractivity contribution < 1.29 is 14.5 Å². The molecular weight excluding hydrogens is 440 g/mol. The molecule has 0 unspecified atom stereocenters. The minimum atomic E-state index is -0.565. The van der Waals surface area contributed by atoms with E-state index in [1.165, 1.54) is 24.3 Å². The van der Waals surface area contributed by atoms with Gasteiger partial charge in [0.15, 0.2) is 0 Å². The number of hydrogen-bond donors (Lipinski definition) is 1. The van der Waals surface area contributed by atoms with Gasteiger partial charge in [0.2, 0.25) is 0 Å². The second kappa shape index (κ2) is 11.5. The first-order chi connectivity index (χ1) is 15.9. The SMILES string of the molecule is CCCCCCOC(=O)c1cc(-c2ccc([N+](=O)[O-])cc2)[nH]c(=O)c1-c1ccc(SC)cc1. The number of nitro benzene ring substituents is 1. The van der Waals surface area contributed by atoms with Crippen LogP contribution >= 0.6 is 11.8 Å². The van der Waals surface area contributed by atoms with Crippen molar-refractivity contribution in [1.29, 1.82) is 0 Å². The van der Waals surface area contributed by atoms with E-state index in [4.69, 9.17) is 4.74 Å². The number of non-ortho nitro benzene ring substituents is 1. The Labute approximate surface area is 196 Å². The molecule has 0 aliphatic heterocycles. The van der Waals surface area contributed by atoms with Crippen molar-refractivity contribution in [2.24, 2.45) is 0 Å². The molecule has 3 aromatic rings. The van der Waals surface area contributed by atoms with Crippen LogP contribution in [0.25, 0.3) is 22.4 Å². The molecule has 0 spiro atoms. The number of nitrogens with one attached hydrogen (secondary N) is 1. The fourth-order valence-electron chi connectivity index (χ4n) is 3.45. The van der Waals surface area contributed by atoms with Crippen LogP contribution in [0, 0.1) is 10.1 Å². The number of unbranched alkanes of at least 4 members (excludes halogenated alkanes) is 3. The maximum Gasteiger partial charge on any atom is 0.339 e. The Morgan fingerprint density at radius 3 is 2.30 bits per heavy atom. The Hall–Kier alpha value is -3.39. The van der Waals surface area contributed by atoms with E-state index in [0.717, 1.165) is 30.6 Å². The third-order valence-corrected chi connectivity index (χ3v) is 6.00. The molecule has 0 amide bonds. The molecule has 1 N–H and O–H groups in total. The Kier molecular flexibility index (Phi) is 8.43. The standard InChI is InChI=1S/C25H26N2O5S/c1-3-4-5-6-15-32-25(29)21-16-22(17-7-11-19(12-8-17)27(30)31)26-24(28)23(21)18-9-13-20(33-2)14-10-18/h7-14,16H,3-6,15H2,1-2H3,(H,26,28). The fraction of sp³-hybridized carbons (Fsp3) is 0.280. The van der Waals surface area contributed by atoms with Crippen molar-refractivity contribution in [2.75, 3.05) is 12.9 Å². The van der Waals surface area contributed by atoms with Crippen LogP contribution in [0.3, 0.4) is 0 Å². The summed E-state index contributed by atoms with van der Waals surface area (Å²) in [6.07, 6.45) is 5.84. The molecule has 0 saturated carbocycles. The summed E-state index contributed by atoms with van der Waals surface area (Å²) in [5, 5.41) is 10.9. The first-order valence-corrected chi connectivity index (χ1v) is 12.0. The number of pyridine rings is 1. The van der Waals surface area contributed by atoms with Gasteiger partial charge in [0, 0.05) is 22.7 Å². The molecule has 1 aromatic heterocycles. The van der Waals surface area contributed by atoms with E-state index in [2.05, 4.69) is 11.9 Å². The van der Waals surface area contributed by atoms with Gasteiger partial charge < -0.3 is 9.72 Å². The molecule has 7 nitrogen and oxygen atoms in total. The molecule has 8 heteroatoms. The van der Waals surface area contributed by atoms with E-state index in [1.807, 2.05) is 18.4 Å². The monoisotopic (exact) mass is 466 g/mol. The Bertz CT molecular complexity index is 1170. The largest absolute Gasteiger partial charge is 0.462 e. The van der Waals surface area contributed by atoms with Gasteiger partial charge in [0.25, 0.3) is 11.2 Å². The summed E-state index contributed by atoms with van der Waals surface area (Å²) in [5.74, 6) is -0.565. The number of hydrogen-bond acceptors (Lipinski definition) is 6. The lowest BCUT2D eigenvalue weighted by atomic mass is 9.99. The molecule has 3 rings (SSSR count). The van der Waals surface area contributed by atoms with Gasteiger partial charge in [-0.2, -0.15) is 0 Å². The van der Waals surface area contributed by atoms with Crippen molar-refractivity contribution in [2.45, 2.75) is 37.5 Å². The molecule has 172 valence electrons. The van der Waals surface area contributed by atoms with E-state index in [-0.39, 0.29) is 23.4 Å². The first kappa shape index (κ1) is 24.3. The maximum absolute atomic E-state index is 13.1. The minimum absolute atomic E-state index is 0.0571. The summed E-state index contributed by atoms with van der Waals surface area (Å²) in [5.41, 5.74) is 1.48. The number of nitro groups is 1. The summed E-state index contributed by atoms with van der Waals surface area (Å²) < 4.78 is 5.49. The van der Waals surface area contributed by atoms with Crippen LogP contribution in [0.2, 0.25) is 0 Å². The third-order valence-electron chi connectivity index (χ3n) is 5.25. The van der Waals surface area contributed by atoms with Crippen LogP contribution in [0.5, 0.6) is 0 Å². The number of carbonyl (C=O) groups excluding carboxylic acids is 1. The second-order valence-corrected chi connectivity index (χ2v) is 8.41. The fourth-order valence-corrected chi connectivity index (χ4v) is 3.86. The molecular formula is C25H26N2O5S. The van der Waals surface area contributed by atoms with E-state index in [0.29, 0.717) is 16.8 Å². The minimum Gasteiger partial charge on any atom is -0.462 e. The predicted molar refractivity (Wildman–Crippen MR) is 131 cm³/mol. The van der Waals surface area contributed by atoms with Gasteiger partial charge in [-0.25, -0.2) is 4.79 Å². The van der Waals surface area contributed by atoms with Gasteiger partial charge in [-0.15, -0.1) is 11.8 Å². The zero-order valence-corrected chi connectivity index (χ0v) is 19.4. The van der Waals surface area contributed by atoms with Gasteiger partial charge >= 0.3 is 5.97 Å². The van der Waals surface area contributed by atoms with Crippen LogP contribution in [0.4, 0.5) is 5.69 Å². The van der Waals surface area contributed by atoms with Gasteiger partial charge in [0.05, 0.1) is 22.7 Å². The van der Waals surface area contributed by atoms with Crippen molar-refractivity contribution in [3.63, 3.8) is 0 Å². The number of H-pyrrole nitrogens is 1. The van der Waals surface area contributed by atoms with Crippen LogP contribution in [-0.2, 0) is 4.74 Å². The Balaban J connectivity index is 2.01. The number of carbonyl (C=O) groups is 1. The van der Waals surface area contributed by atoms with Crippen molar-refractivity contribution in [3.8, 4) is 22.4 Å². The summed E-state index contributed by atoms with van der Waals surface area (Å²) in [4.78, 5) is 40.4. The maximum atomic E-state index is 13.1. The third kappa shape index (κ3) is 6.10. The molecule has 33 heavy (non-hydrogen) atoms. The highest BCUT2D eigenvalue weighted by Crippen LogP contribution is 2.27. The zero-order chi connectivity index (χ0) is 23.8. The number of aromatic nitrogens is 1. The van der Waals surface area contributed by atoms with E-state index < -0.39 is 16.5 Å². The summed E-state index contributed by atoms with van der Waals surface area (Å²) in [6.45, 7) is 2.39.